The summed E-state index contributed by atoms with van der Waals surface area (Å²) in [6.45, 7) is 1.62. The molecule has 2 aromatic carbocycles. The first-order valence-corrected chi connectivity index (χ1v) is 9.51. The van der Waals surface area contributed by atoms with Crippen LogP contribution in [0.25, 0.3) is 11.1 Å². The molecule has 0 fully saturated rings. The predicted molar refractivity (Wildman–Crippen MR) is 92.2 cm³/mol. The number of benzene rings is 2. The Morgan fingerprint density at radius 1 is 1.12 bits per heavy atom. The van der Waals surface area contributed by atoms with E-state index in [0.29, 0.717) is 16.7 Å². The van der Waals surface area contributed by atoms with Crippen molar-refractivity contribution in [1.82, 2.24) is 0 Å². The van der Waals surface area contributed by atoms with Gasteiger partial charge in [-0.3, -0.25) is 0 Å². The van der Waals surface area contributed by atoms with Crippen molar-refractivity contribution in [2.75, 3.05) is 5.75 Å². The van der Waals surface area contributed by atoms with E-state index in [-0.39, 0.29) is 5.75 Å². The highest BCUT2D eigenvalue weighted by atomic mass is 32.2. The summed E-state index contributed by atoms with van der Waals surface area (Å²) in [4.78, 5) is 0. The lowest BCUT2D eigenvalue weighted by Crippen LogP contribution is -2.16. The van der Waals surface area contributed by atoms with E-state index in [0.717, 1.165) is 0 Å². The summed E-state index contributed by atoms with van der Waals surface area (Å²) in [5.74, 6) is -0.712. The lowest BCUT2D eigenvalue weighted by atomic mass is 9.97. The Morgan fingerprint density at radius 2 is 1.81 bits per heavy atom. The topological polar surface area (TPSA) is 63.6 Å². The molecule has 0 bridgehead atoms. The molecule has 4 nitrogen and oxygen atoms in total. The monoisotopic (exact) mass is 388 g/mol. The van der Waals surface area contributed by atoms with Crippen molar-refractivity contribution >= 4 is 10.1 Å². The lowest BCUT2D eigenvalue weighted by Gasteiger charge is -2.13. The van der Waals surface area contributed by atoms with Crippen molar-refractivity contribution in [3.63, 3.8) is 0 Å². The Hall–Kier alpha value is -2.06. The van der Waals surface area contributed by atoms with E-state index in [1.165, 1.54) is 12.1 Å². The molecule has 8 heteroatoms. The zero-order valence-corrected chi connectivity index (χ0v) is 14.8. The van der Waals surface area contributed by atoms with Gasteiger partial charge in [-0.05, 0) is 42.2 Å². The largest absolute Gasteiger partial charge is 0.389 e. The van der Waals surface area contributed by atoms with Crippen molar-refractivity contribution in [2.24, 2.45) is 0 Å². The summed E-state index contributed by atoms with van der Waals surface area (Å²) >= 11 is 0. The van der Waals surface area contributed by atoms with Gasteiger partial charge in [-0.15, -0.1) is 0 Å². The van der Waals surface area contributed by atoms with Crippen molar-refractivity contribution in [2.45, 2.75) is 32.0 Å². The van der Waals surface area contributed by atoms with Crippen molar-refractivity contribution in [3.05, 3.63) is 54.1 Å². The van der Waals surface area contributed by atoms with E-state index in [4.69, 9.17) is 4.18 Å². The van der Waals surface area contributed by atoms with Crippen molar-refractivity contribution < 1.29 is 30.9 Å². The van der Waals surface area contributed by atoms with Crippen LogP contribution < -0.4 is 4.18 Å². The number of rotatable bonds is 7. The third kappa shape index (κ3) is 6.03. The SMILES string of the molecule is C[C@H](O)c1ccccc1-c1cccc(OS(=O)(=O)CCCC(F)(F)F)c1. The summed E-state index contributed by atoms with van der Waals surface area (Å²) in [6.07, 6.45) is -6.87. The molecule has 0 aliphatic heterocycles. The van der Waals surface area contributed by atoms with E-state index in [1.807, 2.05) is 0 Å². The van der Waals surface area contributed by atoms with Crippen molar-refractivity contribution in [1.29, 1.82) is 0 Å². The molecule has 0 unspecified atom stereocenters. The van der Waals surface area contributed by atoms with Crippen LogP contribution in [0.15, 0.2) is 48.5 Å². The molecular formula is C18H19F3O4S. The molecule has 0 heterocycles. The van der Waals surface area contributed by atoms with Crippen molar-refractivity contribution in [3.8, 4) is 16.9 Å². The average molecular weight is 388 g/mol. The average Bonchev–Trinajstić information content (AvgIpc) is 2.53. The highest BCUT2D eigenvalue weighted by molar-refractivity contribution is 7.87. The summed E-state index contributed by atoms with van der Waals surface area (Å²) < 4.78 is 65.1. The maximum atomic E-state index is 12.1. The van der Waals surface area contributed by atoms with Gasteiger partial charge in [0.2, 0.25) is 0 Å². The van der Waals surface area contributed by atoms with Gasteiger partial charge in [-0.1, -0.05) is 36.4 Å². The van der Waals surface area contributed by atoms with Gasteiger partial charge < -0.3 is 9.29 Å². The molecule has 0 aliphatic carbocycles. The first-order chi connectivity index (χ1) is 12.1. The highest BCUT2D eigenvalue weighted by Gasteiger charge is 2.27. The van der Waals surface area contributed by atoms with Gasteiger partial charge in [0.05, 0.1) is 11.9 Å². The Labute approximate surface area is 150 Å². The van der Waals surface area contributed by atoms with Crippen LogP contribution in [0.3, 0.4) is 0 Å². The predicted octanol–water partition coefficient (Wildman–Crippen LogP) is 4.46. The van der Waals surface area contributed by atoms with Gasteiger partial charge in [0.1, 0.15) is 5.75 Å². The minimum absolute atomic E-state index is 0.00917. The van der Waals surface area contributed by atoms with Crippen LogP contribution in [0.4, 0.5) is 13.2 Å². The number of hydrogen-bond acceptors (Lipinski definition) is 4. The Kier molecular flexibility index (Phi) is 6.30. The Bertz CT molecular complexity index is 846. The van der Waals surface area contributed by atoms with E-state index in [1.54, 1.807) is 43.3 Å². The minimum Gasteiger partial charge on any atom is -0.389 e. The van der Waals surface area contributed by atoms with Crippen LogP contribution in [-0.4, -0.2) is 25.5 Å². The fourth-order valence-corrected chi connectivity index (χ4v) is 3.46. The highest BCUT2D eigenvalue weighted by Crippen LogP contribution is 2.31. The van der Waals surface area contributed by atoms with Gasteiger partial charge in [-0.25, -0.2) is 0 Å². The molecule has 0 radical (unpaired) electrons. The first-order valence-electron chi connectivity index (χ1n) is 7.94. The summed E-state index contributed by atoms with van der Waals surface area (Å²) in [5.41, 5.74) is 2.00. The van der Waals surface area contributed by atoms with E-state index in [9.17, 15) is 26.7 Å². The smallest absolute Gasteiger partial charge is 0.389 e. The maximum absolute atomic E-state index is 12.1. The molecule has 0 amide bonds. The third-order valence-electron chi connectivity index (χ3n) is 3.63. The van der Waals surface area contributed by atoms with E-state index in [2.05, 4.69) is 0 Å². The van der Waals surface area contributed by atoms with Crippen LogP contribution in [-0.2, 0) is 10.1 Å². The molecule has 0 saturated heterocycles. The van der Waals surface area contributed by atoms with Crippen LogP contribution in [0.5, 0.6) is 5.75 Å². The third-order valence-corrected chi connectivity index (χ3v) is 4.87. The van der Waals surface area contributed by atoms with E-state index >= 15 is 0 Å². The normalized spacial score (nSPS) is 13.4. The van der Waals surface area contributed by atoms with Gasteiger partial charge in [0, 0.05) is 6.42 Å². The number of aliphatic hydroxyl groups is 1. The first kappa shape index (κ1) is 20.3. The molecule has 0 aromatic heterocycles. The van der Waals surface area contributed by atoms with E-state index < -0.39 is 41.0 Å². The molecule has 0 saturated carbocycles. The standard InChI is InChI=1S/C18H19F3O4S/c1-13(22)16-8-2-3-9-17(16)14-6-4-7-15(12-14)25-26(23,24)11-5-10-18(19,20)21/h2-4,6-9,12-13,22H,5,10-11H2,1H3/t13-/m0/s1. The summed E-state index contributed by atoms with van der Waals surface area (Å²) in [7, 11) is -4.13. The fourth-order valence-electron chi connectivity index (χ4n) is 2.48. The molecule has 2 aromatic rings. The molecule has 26 heavy (non-hydrogen) atoms. The zero-order valence-electron chi connectivity index (χ0n) is 14.0. The second kappa shape index (κ2) is 8.09. The molecule has 0 spiro atoms. The summed E-state index contributed by atoms with van der Waals surface area (Å²) in [6, 6.07) is 13.3. The summed E-state index contributed by atoms with van der Waals surface area (Å²) in [5, 5.41) is 9.87. The lowest BCUT2D eigenvalue weighted by molar-refractivity contribution is -0.134. The Balaban J connectivity index is 2.17. The van der Waals surface area contributed by atoms with Crippen LogP contribution >= 0.6 is 0 Å². The maximum Gasteiger partial charge on any atom is 0.389 e. The van der Waals surface area contributed by atoms with Crippen LogP contribution in [0.1, 0.15) is 31.4 Å². The minimum atomic E-state index is -4.40. The zero-order chi connectivity index (χ0) is 19.4. The number of alkyl halides is 3. The number of halogens is 3. The van der Waals surface area contributed by atoms with Crippen LogP contribution in [0.2, 0.25) is 0 Å². The molecule has 0 aliphatic rings. The molecule has 1 N–H and O–H groups in total. The quantitative estimate of drug-likeness (QED) is 0.712. The van der Waals surface area contributed by atoms with Gasteiger partial charge >= 0.3 is 16.3 Å². The number of aliphatic hydroxyl groups excluding tert-OH is 1. The number of hydrogen-bond donors (Lipinski definition) is 1. The van der Waals surface area contributed by atoms with Gasteiger partial charge in [0.25, 0.3) is 0 Å². The van der Waals surface area contributed by atoms with Gasteiger partial charge in [0.15, 0.2) is 0 Å². The second-order valence-corrected chi connectivity index (χ2v) is 7.55. The molecule has 1 atom stereocenters. The fraction of sp³-hybridized carbons (Fsp3) is 0.333. The van der Waals surface area contributed by atoms with Crippen LogP contribution in [0, 0.1) is 0 Å². The van der Waals surface area contributed by atoms with Gasteiger partial charge in [-0.2, -0.15) is 21.6 Å². The molecule has 142 valence electrons. The molecular weight excluding hydrogens is 369 g/mol. The second-order valence-electron chi connectivity index (χ2n) is 5.85. The molecule has 2 rings (SSSR count). The Morgan fingerprint density at radius 3 is 2.46 bits per heavy atom.